The number of likely N-dealkylation sites (tertiary alicyclic amines) is 1. The number of rotatable bonds is 4. The molecule has 0 radical (unpaired) electrons. The first-order chi connectivity index (χ1) is 14.1. The maximum absolute atomic E-state index is 12.7. The van der Waals surface area contributed by atoms with Crippen molar-refractivity contribution < 1.29 is 22.7 Å². The van der Waals surface area contributed by atoms with E-state index in [2.05, 4.69) is 5.32 Å². The molecule has 2 saturated heterocycles. The first kappa shape index (κ1) is 22.6. The lowest BCUT2D eigenvalue weighted by molar-refractivity contribution is -0.120. The van der Waals surface area contributed by atoms with Gasteiger partial charge in [-0.2, -0.15) is 4.31 Å². The third kappa shape index (κ3) is 5.31. The van der Waals surface area contributed by atoms with Gasteiger partial charge in [0.2, 0.25) is 15.9 Å². The SMILES string of the molecule is CC(C)(C)OC(=O)N1CCC[C@@H]1C(=O)Nc1ccc(S(=O)(=O)N2CCCCC2)cc1. The van der Waals surface area contributed by atoms with Gasteiger partial charge in [-0.1, -0.05) is 6.42 Å². The number of benzene rings is 1. The number of anilines is 1. The Kier molecular flexibility index (Phi) is 6.71. The van der Waals surface area contributed by atoms with Crippen molar-refractivity contribution in [1.29, 1.82) is 0 Å². The van der Waals surface area contributed by atoms with E-state index in [1.165, 1.54) is 21.3 Å². The number of piperidine rings is 1. The Balaban J connectivity index is 1.65. The topological polar surface area (TPSA) is 96.0 Å². The quantitative estimate of drug-likeness (QED) is 0.780. The van der Waals surface area contributed by atoms with Crippen molar-refractivity contribution in [3.05, 3.63) is 24.3 Å². The number of hydrogen-bond donors (Lipinski definition) is 1. The number of nitrogens with zero attached hydrogens (tertiary/aromatic N) is 2. The molecule has 9 heteroatoms. The third-order valence-corrected chi connectivity index (χ3v) is 7.17. The molecular weight excluding hydrogens is 406 g/mol. The van der Waals surface area contributed by atoms with Crippen LogP contribution in [0.25, 0.3) is 0 Å². The summed E-state index contributed by atoms with van der Waals surface area (Å²) in [5, 5.41) is 2.79. The van der Waals surface area contributed by atoms with Crippen LogP contribution in [0.4, 0.5) is 10.5 Å². The van der Waals surface area contributed by atoms with E-state index in [0.29, 0.717) is 31.7 Å². The van der Waals surface area contributed by atoms with E-state index >= 15 is 0 Å². The number of ether oxygens (including phenoxy) is 1. The summed E-state index contributed by atoms with van der Waals surface area (Å²) in [5.74, 6) is -0.301. The van der Waals surface area contributed by atoms with Crippen LogP contribution in [0.15, 0.2) is 29.2 Å². The highest BCUT2D eigenvalue weighted by Gasteiger charge is 2.36. The second-order valence-electron chi connectivity index (χ2n) is 8.81. The summed E-state index contributed by atoms with van der Waals surface area (Å²) >= 11 is 0. The lowest BCUT2D eigenvalue weighted by atomic mass is 10.2. The van der Waals surface area contributed by atoms with E-state index in [0.717, 1.165) is 25.7 Å². The van der Waals surface area contributed by atoms with Crippen LogP contribution >= 0.6 is 0 Å². The van der Waals surface area contributed by atoms with Crippen molar-refractivity contribution in [3.63, 3.8) is 0 Å². The highest BCUT2D eigenvalue weighted by molar-refractivity contribution is 7.89. The van der Waals surface area contributed by atoms with Gasteiger partial charge in [0.15, 0.2) is 0 Å². The fraction of sp³-hybridized carbons (Fsp3) is 0.619. The van der Waals surface area contributed by atoms with Gasteiger partial charge in [0.25, 0.3) is 0 Å². The second kappa shape index (κ2) is 8.93. The van der Waals surface area contributed by atoms with E-state index in [9.17, 15) is 18.0 Å². The molecule has 1 atom stereocenters. The van der Waals surface area contributed by atoms with Crippen LogP contribution in [-0.2, 0) is 19.6 Å². The summed E-state index contributed by atoms with van der Waals surface area (Å²) in [6.07, 6.45) is 3.60. The number of sulfonamides is 1. The lowest BCUT2D eigenvalue weighted by Crippen LogP contribution is -2.45. The number of carbonyl (C=O) groups is 2. The van der Waals surface area contributed by atoms with Gasteiger partial charge in [0.05, 0.1) is 4.90 Å². The molecule has 3 rings (SSSR count). The molecule has 1 N–H and O–H groups in total. The minimum absolute atomic E-state index is 0.221. The maximum Gasteiger partial charge on any atom is 0.410 e. The summed E-state index contributed by atoms with van der Waals surface area (Å²) in [5.41, 5.74) is -0.134. The molecule has 0 aromatic heterocycles. The minimum atomic E-state index is -3.51. The second-order valence-corrected chi connectivity index (χ2v) is 10.7. The predicted molar refractivity (Wildman–Crippen MR) is 114 cm³/mol. The zero-order chi connectivity index (χ0) is 21.9. The van der Waals surface area contributed by atoms with Gasteiger partial charge in [-0.05, 0) is 70.7 Å². The van der Waals surface area contributed by atoms with Crippen LogP contribution < -0.4 is 5.32 Å². The number of nitrogens with one attached hydrogen (secondary N) is 1. The monoisotopic (exact) mass is 437 g/mol. The molecule has 0 bridgehead atoms. The Morgan fingerprint density at radius 2 is 1.63 bits per heavy atom. The van der Waals surface area contributed by atoms with Gasteiger partial charge in [0.1, 0.15) is 11.6 Å². The van der Waals surface area contributed by atoms with Crippen molar-refractivity contribution in [3.8, 4) is 0 Å². The zero-order valence-electron chi connectivity index (χ0n) is 17.9. The van der Waals surface area contributed by atoms with Gasteiger partial charge in [-0.3, -0.25) is 9.69 Å². The summed E-state index contributed by atoms with van der Waals surface area (Å²) < 4.78 is 32.4. The molecule has 2 fully saturated rings. The average molecular weight is 438 g/mol. The number of amides is 2. The first-order valence-corrected chi connectivity index (χ1v) is 11.9. The van der Waals surface area contributed by atoms with E-state index in [1.807, 2.05) is 0 Å². The molecule has 166 valence electrons. The maximum atomic E-state index is 12.7. The van der Waals surface area contributed by atoms with Gasteiger partial charge < -0.3 is 10.1 Å². The molecule has 0 spiro atoms. The summed E-state index contributed by atoms with van der Waals surface area (Å²) in [4.78, 5) is 26.8. The summed E-state index contributed by atoms with van der Waals surface area (Å²) in [6, 6.07) is 5.60. The molecule has 8 nitrogen and oxygen atoms in total. The zero-order valence-corrected chi connectivity index (χ0v) is 18.7. The molecule has 1 aromatic carbocycles. The van der Waals surface area contributed by atoms with E-state index in [-0.39, 0.29) is 10.8 Å². The first-order valence-electron chi connectivity index (χ1n) is 10.5. The highest BCUT2D eigenvalue weighted by Crippen LogP contribution is 2.24. The molecule has 2 aliphatic rings. The average Bonchev–Trinajstić information content (AvgIpc) is 3.18. The number of carbonyl (C=O) groups excluding carboxylic acids is 2. The van der Waals surface area contributed by atoms with Crippen molar-refractivity contribution in [2.24, 2.45) is 0 Å². The normalized spacial score (nSPS) is 20.8. The fourth-order valence-corrected chi connectivity index (χ4v) is 5.29. The predicted octanol–water partition coefficient (Wildman–Crippen LogP) is 3.20. The molecule has 0 aliphatic carbocycles. The molecule has 0 unspecified atom stereocenters. The van der Waals surface area contributed by atoms with Gasteiger partial charge in [-0.15, -0.1) is 0 Å². The molecule has 1 aromatic rings. The van der Waals surface area contributed by atoms with Gasteiger partial charge in [-0.25, -0.2) is 13.2 Å². The molecular formula is C21H31N3O5S. The minimum Gasteiger partial charge on any atom is -0.444 e. The van der Waals surface area contributed by atoms with Crippen LogP contribution in [0.5, 0.6) is 0 Å². The fourth-order valence-electron chi connectivity index (χ4n) is 3.77. The van der Waals surface area contributed by atoms with Crippen LogP contribution in [0.1, 0.15) is 52.9 Å². The van der Waals surface area contributed by atoms with Crippen LogP contribution in [0.2, 0.25) is 0 Å². The molecule has 2 amide bonds. The van der Waals surface area contributed by atoms with E-state index in [1.54, 1.807) is 32.9 Å². The Bertz CT molecular complexity index is 871. The number of hydrogen-bond acceptors (Lipinski definition) is 5. The molecule has 2 aliphatic heterocycles. The highest BCUT2D eigenvalue weighted by atomic mass is 32.2. The third-order valence-electron chi connectivity index (χ3n) is 5.26. The van der Waals surface area contributed by atoms with Crippen molar-refractivity contribution in [1.82, 2.24) is 9.21 Å². The van der Waals surface area contributed by atoms with Gasteiger partial charge in [0, 0.05) is 25.3 Å². The van der Waals surface area contributed by atoms with Crippen LogP contribution in [-0.4, -0.2) is 60.9 Å². The standard InChI is InChI=1S/C21H31N3O5S/c1-21(2,3)29-20(26)24-15-7-8-18(24)19(25)22-16-9-11-17(12-10-16)30(27,28)23-13-5-4-6-14-23/h9-12,18H,4-8,13-15H2,1-3H3,(H,22,25)/t18-/m1/s1. The van der Waals surface area contributed by atoms with Crippen molar-refractivity contribution >= 4 is 27.7 Å². The van der Waals surface area contributed by atoms with Crippen LogP contribution in [0.3, 0.4) is 0 Å². The Hall–Kier alpha value is -2.13. The van der Waals surface area contributed by atoms with Gasteiger partial charge >= 0.3 is 6.09 Å². The smallest absolute Gasteiger partial charge is 0.410 e. The summed E-state index contributed by atoms with van der Waals surface area (Å²) in [7, 11) is -3.51. The Labute approximate surface area is 178 Å². The molecule has 0 saturated carbocycles. The Morgan fingerprint density at radius 1 is 1.00 bits per heavy atom. The van der Waals surface area contributed by atoms with Crippen molar-refractivity contribution in [2.75, 3.05) is 25.0 Å². The van der Waals surface area contributed by atoms with Crippen LogP contribution in [0, 0.1) is 0 Å². The van der Waals surface area contributed by atoms with E-state index in [4.69, 9.17) is 4.74 Å². The van der Waals surface area contributed by atoms with E-state index < -0.39 is 27.8 Å². The molecule has 2 heterocycles. The molecule has 30 heavy (non-hydrogen) atoms. The largest absolute Gasteiger partial charge is 0.444 e. The van der Waals surface area contributed by atoms with Crippen molar-refractivity contribution in [2.45, 2.75) is 69.4 Å². The Morgan fingerprint density at radius 3 is 2.23 bits per heavy atom. The lowest BCUT2D eigenvalue weighted by Gasteiger charge is -2.28. The summed E-state index contributed by atoms with van der Waals surface area (Å²) in [6.45, 7) is 6.92.